The fraction of sp³-hybridized carbons (Fsp3) is 0.0909. The van der Waals surface area contributed by atoms with Gasteiger partial charge in [-0.25, -0.2) is 0 Å². The van der Waals surface area contributed by atoms with Crippen molar-refractivity contribution in [2.75, 3.05) is 10.6 Å². The van der Waals surface area contributed by atoms with E-state index >= 15 is 0 Å². The summed E-state index contributed by atoms with van der Waals surface area (Å²) < 4.78 is 0. The first kappa shape index (κ1) is 13.4. The molecule has 0 aromatic heterocycles. The summed E-state index contributed by atoms with van der Waals surface area (Å²) in [5.74, 6) is 0. The first-order valence-electron chi connectivity index (χ1n) is 8.29. The topological polar surface area (TPSA) is 24.1 Å². The minimum absolute atomic E-state index is 1.13. The molecule has 0 amide bonds. The number of nitrogens with one attached hydrogen (secondary N) is 2. The Morgan fingerprint density at radius 1 is 0.458 bits per heavy atom. The maximum Gasteiger partial charge on any atom is 0.0630 e. The number of rotatable bonds is 0. The van der Waals surface area contributed by atoms with Gasteiger partial charge in [-0.05, 0) is 59.7 Å². The van der Waals surface area contributed by atoms with Crippen molar-refractivity contribution in [1.82, 2.24) is 0 Å². The van der Waals surface area contributed by atoms with Crippen LogP contribution in [0, 0.1) is 13.8 Å². The van der Waals surface area contributed by atoms with E-state index < -0.39 is 0 Å². The lowest BCUT2D eigenvalue weighted by molar-refractivity contribution is 1.46. The molecule has 116 valence electrons. The van der Waals surface area contributed by atoms with Gasteiger partial charge < -0.3 is 10.6 Å². The van der Waals surface area contributed by atoms with Crippen molar-refractivity contribution >= 4 is 44.3 Å². The van der Waals surface area contributed by atoms with E-state index in [9.17, 15) is 0 Å². The SMILES string of the molecule is Cc1ccc2cc3c(cc2c1)Nc1cc2ccc(C)cc2cc1N3. The van der Waals surface area contributed by atoms with Crippen LogP contribution in [0.2, 0.25) is 0 Å². The maximum absolute atomic E-state index is 3.60. The molecule has 4 aromatic rings. The molecule has 0 atom stereocenters. The highest BCUT2D eigenvalue weighted by atomic mass is 15.0. The Labute approximate surface area is 141 Å². The summed E-state index contributed by atoms with van der Waals surface area (Å²) in [7, 11) is 0. The van der Waals surface area contributed by atoms with E-state index in [1.807, 2.05) is 0 Å². The zero-order valence-electron chi connectivity index (χ0n) is 13.8. The molecule has 0 saturated carbocycles. The third kappa shape index (κ3) is 2.04. The van der Waals surface area contributed by atoms with E-state index in [-0.39, 0.29) is 0 Å². The van der Waals surface area contributed by atoms with Gasteiger partial charge >= 0.3 is 0 Å². The van der Waals surface area contributed by atoms with Crippen molar-refractivity contribution in [3.63, 3.8) is 0 Å². The van der Waals surface area contributed by atoms with Gasteiger partial charge in [0.2, 0.25) is 0 Å². The summed E-state index contributed by atoms with van der Waals surface area (Å²) in [5, 5.41) is 12.2. The molecule has 0 unspecified atom stereocenters. The molecule has 2 N–H and O–H groups in total. The number of aryl methyl sites for hydroxylation is 2. The predicted octanol–water partition coefficient (Wildman–Crippen LogP) is 6.41. The number of fused-ring (bicyclic) bond motifs is 4. The van der Waals surface area contributed by atoms with E-state index in [0.717, 1.165) is 22.7 Å². The Balaban J connectivity index is 1.68. The molecule has 2 heteroatoms. The van der Waals surface area contributed by atoms with Crippen molar-refractivity contribution < 1.29 is 0 Å². The van der Waals surface area contributed by atoms with Gasteiger partial charge in [-0.3, -0.25) is 0 Å². The number of hydrogen-bond donors (Lipinski definition) is 2. The highest BCUT2D eigenvalue weighted by Crippen LogP contribution is 2.42. The number of hydrogen-bond acceptors (Lipinski definition) is 2. The van der Waals surface area contributed by atoms with Crippen molar-refractivity contribution in [1.29, 1.82) is 0 Å². The molecule has 1 heterocycles. The van der Waals surface area contributed by atoms with E-state index in [2.05, 4.69) is 85.1 Å². The van der Waals surface area contributed by atoms with Gasteiger partial charge in [0.25, 0.3) is 0 Å². The summed E-state index contributed by atoms with van der Waals surface area (Å²) in [6, 6.07) is 22.1. The Hall–Kier alpha value is -3.00. The van der Waals surface area contributed by atoms with Gasteiger partial charge in [-0.1, -0.05) is 47.5 Å². The van der Waals surface area contributed by atoms with Crippen LogP contribution in [0.3, 0.4) is 0 Å². The van der Waals surface area contributed by atoms with Crippen LogP contribution in [0.15, 0.2) is 60.7 Å². The van der Waals surface area contributed by atoms with Crippen molar-refractivity contribution in [2.24, 2.45) is 0 Å². The highest BCUT2D eigenvalue weighted by Gasteiger charge is 2.16. The third-order valence-corrected chi connectivity index (χ3v) is 4.80. The van der Waals surface area contributed by atoms with Crippen molar-refractivity contribution in [2.45, 2.75) is 13.8 Å². The normalized spacial score (nSPS) is 12.4. The summed E-state index contributed by atoms with van der Waals surface area (Å²) in [4.78, 5) is 0. The smallest absolute Gasteiger partial charge is 0.0630 e. The largest absolute Gasteiger partial charge is 0.352 e. The van der Waals surface area contributed by atoms with Crippen LogP contribution in [0.1, 0.15) is 11.1 Å². The lowest BCUT2D eigenvalue weighted by Gasteiger charge is -2.24. The Morgan fingerprint density at radius 3 is 1.25 bits per heavy atom. The van der Waals surface area contributed by atoms with E-state index in [1.165, 1.54) is 32.7 Å². The second-order valence-electron chi connectivity index (χ2n) is 6.75. The van der Waals surface area contributed by atoms with Crippen LogP contribution in [-0.2, 0) is 0 Å². The Bertz CT molecular complexity index is 1030. The quantitative estimate of drug-likeness (QED) is 0.345. The van der Waals surface area contributed by atoms with E-state index in [1.54, 1.807) is 0 Å². The number of anilines is 4. The van der Waals surface area contributed by atoms with Gasteiger partial charge in [-0.15, -0.1) is 0 Å². The van der Waals surface area contributed by atoms with Crippen LogP contribution in [0.5, 0.6) is 0 Å². The zero-order chi connectivity index (χ0) is 16.3. The van der Waals surface area contributed by atoms with Crippen LogP contribution in [0.4, 0.5) is 22.7 Å². The van der Waals surface area contributed by atoms with Crippen LogP contribution in [-0.4, -0.2) is 0 Å². The maximum atomic E-state index is 3.60. The molecule has 0 aliphatic carbocycles. The second kappa shape index (κ2) is 4.75. The fourth-order valence-electron chi connectivity index (χ4n) is 3.54. The van der Waals surface area contributed by atoms with E-state index in [0.29, 0.717) is 0 Å². The monoisotopic (exact) mass is 310 g/mol. The third-order valence-electron chi connectivity index (χ3n) is 4.80. The average molecular weight is 310 g/mol. The molecule has 4 aromatic carbocycles. The molecule has 5 rings (SSSR count). The first-order valence-corrected chi connectivity index (χ1v) is 8.29. The fourth-order valence-corrected chi connectivity index (χ4v) is 3.54. The molecule has 1 aliphatic heterocycles. The molecule has 0 saturated heterocycles. The summed E-state index contributed by atoms with van der Waals surface area (Å²) in [6.45, 7) is 4.27. The van der Waals surface area contributed by atoms with Crippen molar-refractivity contribution in [3.8, 4) is 0 Å². The molecular formula is C22H18N2. The number of benzene rings is 4. The molecule has 0 fully saturated rings. The second-order valence-corrected chi connectivity index (χ2v) is 6.75. The van der Waals surface area contributed by atoms with Gasteiger partial charge in [0.05, 0.1) is 22.7 Å². The van der Waals surface area contributed by atoms with Crippen LogP contribution >= 0.6 is 0 Å². The molecule has 2 nitrogen and oxygen atoms in total. The molecule has 0 bridgehead atoms. The van der Waals surface area contributed by atoms with Crippen molar-refractivity contribution in [3.05, 3.63) is 71.8 Å². The van der Waals surface area contributed by atoms with Crippen LogP contribution in [0.25, 0.3) is 21.5 Å². The predicted molar refractivity (Wildman–Crippen MR) is 104 cm³/mol. The molecule has 0 radical (unpaired) electrons. The van der Waals surface area contributed by atoms with Gasteiger partial charge in [0.15, 0.2) is 0 Å². The average Bonchev–Trinajstić information content (AvgIpc) is 2.56. The minimum atomic E-state index is 1.13. The first-order chi connectivity index (χ1) is 11.7. The molecule has 0 spiro atoms. The standard InChI is InChI=1S/C22H18N2/c1-13-3-5-15-9-19-21(11-17(15)7-13)23-20-10-16-6-4-14(2)8-18(16)12-22(20)24-19/h3-12,23-24H,1-2H3. The summed E-state index contributed by atoms with van der Waals surface area (Å²) in [6.07, 6.45) is 0. The van der Waals surface area contributed by atoms with Gasteiger partial charge in [0, 0.05) is 0 Å². The minimum Gasteiger partial charge on any atom is -0.352 e. The molecule has 1 aliphatic rings. The Kier molecular flexibility index (Phi) is 2.66. The highest BCUT2D eigenvalue weighted by molar-refractivity contribution is 6.02. The summed E-state index contributed by atoms with van der Waals surface area (Å²) >= 11 is 0. The lowest BCUT2D eigenvalue weighted by atomic mass is 10.0. The van der Waals surface area contributed by atoms with Gasteiger partial charge in [-0.2, -0.15) is 0 Å². The van der Waals surface area contributed by atoms with Crippen LogP contribution < -0.4 is 10.6 Å². The molecular weight excluding hydrogens is 292 g/mol. The van der Waals surface area contributed by atoms with E-state index in [4.69, 9.17) is 0 Å². The summed E-state index contributed by atoms with van der Waals surface area (Å²) in [5.41, 5.74) is 7.09. The van der Waals surface area contributed by atoms with Gasteiger partial charge in [0.1, 0.15) is 0 Å². The zero-order valence-corrected chi connectivity index (χ0v) is 13.8. The Morgan fingerprint density at radius 2 is 0.833 bits per heavy atom. The molecule has 24 heavy (non-hydrogen) atoms. The lowest BCUT2D eigenvalue weighted by Crippen LogP contribution is -2.06.